The number of thiazole rings is 1. The fraction of sp³-hybridized carbons (Fsp3) is 0.346. The molecular formula is C26H28FN3O2S. The summed E-state index contributed by atoms with van der Waals surface area (Å²) in [5.74, 6) is -0.475. The molecule has 0 saturated carbocycles. The average Bonchev–Trinajstić information content (AvgIpc) is 3.48. The number of nitrogens with zero attached hydrogens (tertiary/aromatic N) is 2. The van der Waals surface area contributed by atoms with Gasteiger partial charge in [-0.2, -0.15) is 0 Å². The van der Waals surface area contributed by atoms with Gasteiger partial charge in [-0.25, -0.2) is 9.37 Å². The van der Waals surface area contributed by atoms with Crippen molar-refractivity contribution in [2.75, 3.05) is 6.54 Å². The molecule has 33 heavy (non-hydrogen) atoms. The summed E-state index contributed by atoms with van der Waals surface area (Å²) in [6.07, 6.45) is 2.86. The fourth-order valence-corrected chi connectivity index (χ4v) is 4.97. The Kier molecular flexibility index (Phi) is 7.50. The molecule has 0 radical (unpaired) electrons. The second kappa shape index (κ2) is 10.7. The molecule has 1 N–H and O–H groups in total. The van der Waals surface area contributed by atoms with Gasteiger partial charge in [0.1, 0.15) is 10.8 Å². The van der Waals surface area contributed by atoms with Gasteiger partial charge in [0, 0.05) is 31.2 Å². The zero-order valence-electron chi connectivity index (χ0n) is 18.7. The van der Waals surface area contributed by atoms with Crippen molar-refractivity contribution in [2.45, 2.75) is 51.6 Å². The molecule has 1 aliphatic rings. The first-order chi connectivity index (χ1) is 16.0. The molecule has 1 unspecified atom stereocenters. The minimum atomic E-state index is -0.283. The van der Waals surface area contributed by atoms with Gasteiger partial charge in [-0.3, -0.25) is 9.59 Å². The summed E-state index contributed by atoms with van der Waals surface area (Å²) in [7, 11) is 0. The smallest absolute Gasteiger partial charge is 0.223 e. The van der Waals surface area contributed by atoms with Crippen LogP contribution in [0.1, 0.15) is 59.1 Å². The number of likely N-dealkylation sites (tertiary alicyclic amines) is 1. The van der Waals surface area contributed by atoms with Crippen LogP contribution in [0.25, 0.3) is 0 Å². The van der Waals surface area contributed by atoms with Crippen molar-refractivity contribution >= 4 is 23.2 Å². The van der Waals surface area contributed by atoms with Crippen LogP contribution in [0.2, 0.25) is 0 Å². The molecule has 2 amide bonds. The lowest BCUT2D eigenvalue weighted by atomic mass is 10.0. The van der Waals surface area contributed by atoms with Crippen LogP contribution in [0.3, 0.4) is 0 Å². The highest BCUT2D eigenvalue weighted by Gasteiger charge is 2.29. The van der Waals surface area contributed by atoms with E-state index in [1.165, 1.54) is 34.6 Å². The molecule has 0 aliphatic carbocycles. The molecular weight excluding hydrogens is 437 g/mol. The van der Waals surface area contributed by atoms with Crippen LogP contribution in [-0.4, -0.2) is 28.2 Å². The van der Waals surface area contributed by atoms with Crippen molar-refractivity contribution in [3.05, 3.63) is 87.1 Å². The lowest BCUT2D eigenvalue weighted by Crippen LogP contribution is -2.32. The van der Waals surface area contributed by atoms with Gasteiger partial charge < -0.3 is 10.2 Å². The van der Waals surface area contributed by atoms with Crippen LogP contribution in [-0.2, 0) is 22.6 Å². The lowest BCUT2D eigenvalue weighted by molar-refractivity contribution is -0.134. The molecule has 172 valence electrons. The first kappa shape index (κ1) is 23.1. The van der Waals surface area contributed by atoms with Crippen LogP contribution >= 0.6 is 11.3 Å². The van der Waals surface area contributed by atoms with Crippen molar-refractivity contribution in [3.63, 3.8) is 0 Å². The Balaban J connectivity index is 1.23. The van der Waals surface area contributed by atoms with E-state index in [0.717, 1.165) is 35.5 Å². The molecule has 1 aliphatic heterocycles. The summed E-state index contributed by atoms with van der Waals surface area (Å²) >= 11 is 1.53. The van der Waals surface area contributed by atoms with E-state index in [4.69, 9.17) is 0 Å². The number of aryl methyl sites for hydroxylation is 1. The van der Waals surface area contributed by atoms with E-state index in [1.54, 1.807) is 12.1 Å². The largest absolute Gasteiger partial charge is 0.350 e. The van der Waals surface area contributed by atoms with E-state index < -0.39 is 0 Å². The zero-order valence-corrected chi connectivity index (χ0v) is 19.5. The van der Waals surface area contributed by atoms with Crippen LogP contribution in [0.15, 0.2) is 53.9 Å². The standard InChI is InChI=1S/C26H28FN3O2S/c1-18-5-2-3-6-20(18)15-22-17-33-25(29-22)16-28-24(31)12-13-26(32)30-14-4-7-23(30)19-8-10-21(27)11-9-19/h2-3,5-6,8-11,17,23H,4,7,12-16H2,1H3,(H,28,31). The number of aromatic nitrogens is 1. The number of hydrogen-bond donors (Lipinski definition) is 1. The third-order valence-electron chi connectivity index (χ3n) is 6.06. The van der Waals surface area contributed by atoms with Crippen molar-refractivity contribution < 1.29 is 14.0 Å². The molecule has 5 nitrogen and oxygen atoms in total. The van der Waals surface area contributed by atoms with Crippen LogP contribution < -0.4 is 5.32 Å². The minimum absolute atomic E-state index is 0.0354. The second-order valence-electron chi connectivity index (χ2n) is 8.41. The molecule has 3 aromatic rings. The zero-order chi connectivity index (χ0) is 23.2. The van der Waals surface area contributed by atoms with Crippen LogP contribution in [0, 0.1) is 12.7 Å². The summed E-state index contributed by atoms with van der Waals surface area (Å²) in [4.78, 5) is 31.5. The maximum absolute atomic E-state index is 13.2. The van der Waals surface area contributed by atoms with Crippen molar-refractivity contribution in [1.29, 1.82) is 0 Å². The molecule has 1 aromatic heterocycles. The number of carbonyl (C=O) groups is 2. The summed E-state index contributed by atoms with van der Waals surface area (Å²) in [5.41, 5.74) is 4.43. The van der Waals surface area contributed by atoms with E-state index in [-0.39, 0.29) is 36.5 Å². The maximum atomic E-state index is 13.2. The SMILES string of the molecule is Cc1ccccc1Cc1csc(CNC(=O)CCC(=O)N2CCCC2c2ccc(F)cc2)n1. The van der Waals surface area contributed by atoms with Gasteiger partial charge in [0.15, 0.2) is 0 Å². The lowest BCUT2D eigenvalue weighted by Gasteiger charge is -2.25. The normalized spacial score (nSPS) is 15.6. The first-order valence-electron chi connectivity index (χ1n) is 11.3. The number of benzene rings is 2. The van der Waals surface area contributed by atoms with Gasteiger partial charge in [0.25, 0.3) is 0 Å². The van der Waals surface area contributed by atoms with Gasteiger partial charge in [-0.05, 0) is 48.6 Å². The molecule has 0 bridgehead atoms. The Labute approximate surface area is 197 Å². The Hall–Kier alpha value is -3.06. The number of amides is 2. The molecule has 4 rings (SSSR count). The average molecular weight is 466 g/mol. The van der Waals surface area contributed by atoms with E-state index in [9.17, 15) is 14.0 Å². The quantitative estimate of drug-likeness (QED) is 0.513. The highest BCUT2D eigenvalue weighted by molar-refractivity contribution is 7.09. The minimum Gasteiger partial charge on any atom is -0.350 e. The molecule has 1 saturated heterocycles. The first-order valence-corrected chi connectivity index (χ1v) is 12.2. The van der Waals surface area contributed by atoms with Crippen LogP contribution in [0.5, 0.6) is 0 Å². The fourth-order valence-electron chi connectivity index (χ4n) is 4.24. The molecule has 7 heteroatoms. The Morgan fingerprint density at radius 2 is 1.94 bits per heavy atom. The predicted octanol–water partition coefficient (Wildman–Crippen LogP) is 4.94. The molecule has 1 atom stereocenters. The van der Waals surface area contributed by atoms with E-state index in [1.807, 2.05) is 22.4 Å². The number of nitrogens with one attached hydrogen (secondary N) is 1. The predicted molar refractivity (Wildman–Crippen MR) is 127 cm³/mol. The molecule has 2 heterocycles. The van der Waals surface area contributed by atoms with Crippen molar-refractivity contribution in [1.82, 2.24) is 15.2 Å². The summed E-state index contributed by atoms with van der Waals surface area (Å²) < 4.78 is 13.2. The second-order valence-corrected chi connectivity index (χ2v) is 9.35. The summed E-state index contributed by atoms with van der Waals surface area (Å²) in [6, 6.07) is 14.5. The van der Waals surface area contributed by atoms with Crippen molar-refractivity contribution in [3.8, 4) is 0 Å². The Morgan fingerprint density at radius 3 is 2.73 bits per heavy atom. The number of rotatable bonds is 8. The van der Waals surface area contributed by atoms with Gasteiger partial charge in [0.2, 0.25) is 11.8 Å². The molecule has 2 aromatic carbocycles. The third-order valence-corrected chi connectivity index (χ3v) is 6.96. The van der Waals surface area contributed by atoms with Gasteiger partial charge in [0.05, 0.1) is 18.3 Å². The van der Waals surface area contributed by atoms with Gasteiger partial charge in [-0.15, -0.1) is 11.3 Å². The molecule has 1 fully saturated rings. The van der Waals surface area contributed by atoms with Crippen molar-refractivity contribution in [2.24, 2.45) is 0 Å². The van der Waals surface area contributed by atoms with E-state index in [0.29, 0.717) is 13.1 Å². The van der Waals surface area contributed by atoms with Crippen LogP contribution in [0.4, 0.5) is 4.39 Å². The van der Waals surface area contributed by atoms with E-state index >= 15 is 0 Å². The maximum Gasteiger partial charge on any atom is 0.223 e. The summed E-state index contributed by atoms with van der Waals surface area (Å²) in [5, 5.41) is 5.76. The molecule has 0 spiro atoms. The number of hydrogen-bond acceptors (Lipinski definition) is 4. The monoisotopic (exact) mass is 465 g/mol. The number of carbonyl (C=O) groups excluding carboxylic acids is 2. The highest BCUT2D eigenvalue weighted by Crippen LogP contribution is 2.32. The summed E-state index contributed by atoms with van der Waals surface area (Å²) in [6.45, 7) is 3.13. The topological polar surface area (TPSA) is 62.3 Å². The van der Waals surface area contributed by atoms with E-state index in [2.05, 4.69) is 29.4 Å². The number of halogens is 1. The highest BCUT2D eigenvalue weighted by atomic mass is 32.1. The Bertz CT molecular complexity index is 1110. The Morgan fingerprint density at radius 1 is 1.15 bits per heavy atom. The van der Waals surface area contributed by atoms with Gasteiger partial charge in [-0.1, -0.05) is 36.4 Å². The van der Waals surface area contributed by atoms with Gasteiger partial charge >= 0.3 is 0 Å². The third kappa shape index (κ3) is 6.05.